The minimum absolute atomic E-state index is 0. The van der Waals surface area contributed by atoms with Gasteiger partial charge >= 0.3 is 0 Å². The topological polar surface area (TPSA) is 55.8 Å². The molecule has 6 nitrogen and oxygen atoms in total. The van der Waals surface area contributed by atoms with E-state index in [2.05, 4.69) is 49.6 Å². The maximum absolute atomic E-state index is 13.5. The Balaban J connectivity index is 0.00000341. The maximum atomic E-state index is 13.5. The molecule has 1 aliphatic rings. The molecule has 170 valence electrons. The van der Waals surface area contributed by atoms with E-state index in [1.165, 1.54) is 6.07 Å². The predicted molar refractivity (Wildman–Crippen MR) is 140 cm³/mol. The minimum atomic E-state index is -0.196. The Kier molecular flexibility index (Phi) is 10.8. The smallest absolute Gasteiger partial charge is 0.191 e. The van der Waals surface area contributed by atoms with Crippen molar-refractivity contribution in [2.75, 3.05) is 51.4 Å². The number of thioether (sulfide) groups is 1. The Morgan fingerprint density at radius 1 is 1.10 bits per heavy atom. The number of nitrogens with one attached hydrogen (secondary N) is 2. The van der Waals surface area contributed by atoms with Crippen molar-refractivity contribution in [2.45, 2.75) is 18.8 Å². The molecule has 0 spiro atoms. The van der Waals surface area contributed by atoms with Gasteiger partial charge in [0.05, 0.1) is 0 Å². The number of guanidine groups is 1. The fourth-order valence-electron chi connectivity index (χ4n) is 3.39. The van der Waals surface area contributed by atoms with Crippen LogP contribution in [0, 0.1) is 5.82 Å². The number of anilines is 1. The number of pyridine rings is 1. The third-order valence-corrected chi connectivity index (χ3v) is 5.83. The maximum Gasteiger partial charge on any atom is 0.191 e. The quantitative estimate of drug-likeness (QED) is 0.309. The lowest BCUT2D eigenvalue weighted by molar-refractivity contribution is 0.312. The molecule has 0 bridgehead atoms. The molecule has 1 fully saturated rings. The second-order valence-electron chi connectivity index (χ2n) is 7.44. The molecule has 0 saturated carbocycles. The summed E-state index contributed by atoms with van der Waals surface area (Å²) in [5, 5.41) is 6.64. The van der Waals surface area contributed by atoms with Gasteiger partial charge in [-0.05, 0) is 48.2 Å². The van der Waals surface area contributed by atoms with E-state index in [0.717, 1.165) is 54.4 Å². The van der Waals surface area contributed by atoms with Gasteiger partial charge in [-0.15, -0.1) is 24.0 Å². The van der Waals surface area contributed by atoms with Crippen LogP contribution in [-0.2, 0) is 18.8 Å². The third kappa shape index (κ3) is 7.80. The Bertz CT molecular complexity index is 840. The summed E-state index contributed by atoms with van der Waals surface area (Å²) < 4.78 is 13.5. The lowest BCUT2D eigenvalue weighted by Crippen LogP contribution is -2.44. The van der Waals surface area contributed by atoms with Crippen molar-refractivity contribution in [1.82, 2.24) is 20.5 Å². The monoisotopic (exact) mass is 558 g/mol. The summed E-state index contributed by atoms with van der Waals surface area (Å²) in [4.78, 5) is 13.6. The molecule has 3 rings (SSSR count). The number of benzene rings is 1. The largest absolute Gasteiger partial charge is 0.354 e. The van der Waals surface area contributed by atoms with Gasteiger partial charge in [0, 0.05) is 58.3 Å². The lowest BCUT2D eigenvalue weighted by atomic mass is 10.1. The summed E-state index contributed by atoms with van der Waals surface area (Å²) in [6.45, 7) is 5.39. The van der Waals surface area contributed by atoms with Gasteiger partial charge < -0.3 is 20.4 Å². The molecule has 1 saturated heterocycles. The SMILES string of the molecule is CN=C(NCc1ccc(N2CCN(C)CC2)nc1)NCc1ccc(F)cc1CSC.I. The van der Waals surface area contributed by atoms with Crippen LogP contribution in [0.2, 0.25) is 0 Å². The first kappa shape index (κ1) is 25.7. The molecule has 0 aliphatic carbocycles. The first-order chi connectivity index (χ1) is 14.6. The standard InChI is InChI=1S/C22H31FN6S.HI/c1-24-22(27-15-18-5-6-20(23)12-19(18)16-30-3)26-14-17-4-7-21(25-13-17)29-10-8-28(2)9-11-29;/h4-7,12-13H,8-11,14-16H2,1-3H3,(H2,24,26,27);1H. The molecular weight excluding hydrogens is 526 g/mol. The van der Waals surface area contributed by atoms with Crippen molar-refractivity contribution in [3.05, 3.63) is 59.0 Å². The van der Waals surface area contributed by atoms with Crippen molar-refractivity contribution >= 4 is 47.5 Å². The average molecular weight is 559 g/mol. The summed E-state index contributed by atoms with van der Waals surface area (Å²) >= 11 is 1.68. The van der Waals surface area contributed by atoms with Crippen LogP contribution in [0.3, 0.4) is 0 Å². The molecule has 2 heterocycles. The van der Waals surface area contributed by atoms with E-state index in [4.69, 9.17) is 0 Å². The zero-order valence-corrected chi connectivity index (χ0v) is 21.5. The van der Waals surface area contributed by atoms with Gasteiger partial charge in [0.15, 0.2) is 5.96 Å². The van der Waals surface area contributed by atoms with Crippen LogP contribution in [0.15, 0.2) is 41.5 Å². The van der Waals surface area contributed by atoms with Crippen LogP contribution in [0.25, 0.3) is 0 Å². The number of likely N-dealkylation sites (N-methyl/N-ethyl adjacent to an activating group) is 1. The van der Waals surface area contributed by atoms with Gasteiger partial charge in [0.1, 0.15) is 11.6 Å². The zero-order chi connectivity index (χ0) is 21.3. The molecule has 2 N–H and O–H groups in total. The number of aliphatic imine (C=N–C) groups is 1. The highest BCUT2D eigenvalue weighted by molar-refractivity contribution is 14.0. The van der Waals surface area contributed by atoms with E-state index in [-0.39, 0.29) is 29.8 Å². The number of hydrogen-bond acceptors (Lipinski definition) is 5. The van der Waals surface area contributed by atoms with Crippen LogP contribution in [0.4, 0.5) is 10.2 Å². The Morgan fingerprint density at radius 2 is 1.84 bits per heavy atom. The number of halogens is 2. The molecule has 1 aromatic carbocycles. The van der Waals surface area contributed by atoms with Crippen LogP contribution in [-0.4, -0.2) is 62.4 Å². The first-order valence-electron chi connectivity index (χ1n) is 10.2. The van der Waals surface area contributed by atoms with Gasteiger partial charge in [0.2, 0.25) is 0 Å². The van der Waals surface area contributed by atoms with E-state index in [9.17, 15) is 4.39 Å². The average Bonchev–Trinajstić information content (AvgIpc) is 2.76. The van der Waals surface area contributed by atoms with Crippen molar-refractivity contribution < 1.29 is 4.39 Å². The third-order valence-electron chi connectivity index (χ3n) is 5.23. The van der Waals surface area contributed by atoms with E-state index < -0.39 is 0 Å². The second-order valence-corrected chi connectivity index (χ2v) is 8.31. The summed E-state index contributed by atoms with van der Waals surface area (Å²) in [5.41, 5.74) is 3.18. The summed E-state index contributed by atoms with van der Waals surface area (Å²) in [5.74, 6) is 2.33. The number of piperazine rings is 1. The molecule has 0 atom stereocenters. The molecule has 0 radical (unpaired) electrons. The van der Waals surface area contributed by atoms with E-state index in [0.29, 0.717) is 19.0 Å². The molecule has 1 aromatic heterocycles. The highest BCUT2D eigenvalue weighted by Crippen LogP contribution is 2.17. The van der Waals surface area contributed by atoms with Crippen LogP contribution in [0.1, 0.15) is 16.7 Å². The lowest BCUT2D eigenvalue weighted by Gasteiger charge is -2.33. The Morgan fingerprint density at radius 3 is 2.48 bits per heavy atom. The molecule has 2 aromatic rings. The van der Waals surface area contributed by atoms with E-state index in [1.807, 2.05) is 18.5 Å². The second kappa shape index (κ2) is 13.1. The van der Waals surface area contributed by atoms with Crippen LogP contribution >= 0.6 is 35.7 Å². The number of nitrogens with zero attached hydrogens (tertiary/aromatic N) is 4. The van der Waals surface area contributed by atoms with Crippen molar-refractivity contribution in [3.8, 4) is 0 Å². The normalized spacial score (nSPS) is 14.8. The summed E-state index contributed by atoms with van der Waals surface area (Å²) in [7, 11) is 3.90. The van der Waals surface area contributed by atoms with Crippen molar-refractivity contribution in [2.24, 2.45) is 4.99 Å². The fraction of sp³-hybridized carbons (Fsp3) is 0.455. The number of aromatic nitrogens is 1. The van der Waals surface area contributed by atoms with E-state index >= 15 is 0 Å². The van der Waals surface area contributed by atoms with Crippen molar-refractivity contribution in [1.29, 1.82) is 0 Å². The highest BCUT2D eigenvalue weighted by atomic mass is 127. The number of hydrogen-bond donors (Lipinski definition) is 2. The van der Waals surface area contributed by atoms with Crippen molar-refractivity contribution in [3.63, 3.8) is 0 Å². The minimum Gasteiger partial charge on any atom is -0.354 e. The molecule has 0 amide bonds. The highest BCUT2D eigenvalue weighted by Gasteiger charge is 2.15. The zero-order valence-electron chi connectivity index (χ0n) is 18.4. The van der Waals surface area contributed by atoms with Crippen LogP contribution in [0.5, 0.6) is 0 Å². The van der Waals surface area contributed by atoms with Gasteiger partial charge in [-0.3, -0.25) is 4.99 Å². The molecule has 0 unspecified atom stereocenters. The fourth-order valence-corrected chi connectivity index (χ4v) is 3.97. The predicted octanol–water partition coefficient (Wildman–Crippen LogP) is 3.32. The van der Waals surface area contributed by atoms with Gasteiger partial charge in [-0.25, -0.2) is 9.37 Å². The molecular formula is C22H32FIN6S. The summed E-state index contributed by atoms with van der Waals surface area (Å²) in [6, 6.07) is 9.15. The van der Waals surface area contributed by atoms with Gasteiger partial charge in [-0.2, -0.15) is 11.8 Å². The molecule has 31 heavy (non-hydrogen) atoms. The summed E-state index contributed by atoms with van der Waals surface area (Å²) in [6.07, 6.45) is 3.94. The van der Waals surface area contributed by atoms with Gasteiger partial charge in [0.25, 0.3) is 0 Å². The molecule has 1 aliphatic heterocycles. The van der Waals surface area contributed by atoms with Gasteiger partial charge in [-0.1, -0.05) is 12.1 Å². The number of rotatable bonds is 7. The van der Waals surface area contributed by atoms with E-state index in [1.54, 1.807) is 24.9 Å². The van der Waals surface area contributed by atoms with Crippen LogP contribution < -0.4 is 15.5 Å². The molecule has 9 heteroatoms. The Hall–Kier alpha value is -1.59. The Labute approximate surface area is 206 Å². The first-order valence-corrected chi connectivity index (χ1v) is 11.6.